The molecule has 0 saturated heterocycles. The summed E-state index contributed by atoms with van der Waals surface area (Å²) < 4.78 is 15.4. The highest BCUT2D eigenvalue weighted by Crippen LogP contribution is 2.35. The molecule has 0 amide bonds. The summed E-state index contributed by atoms with van der Waals surface area (Å²) in [4.78, 5) is 10.9. The standard InChI is InChI=1S/C6H11ClO3P/c1-3-5(11(7)9)6(8)10-4-2/h5H,3-4H2,1-2H3/q+1. The van der Waals surface area contributed by atoms with Crippen molar-refractivity contribution in [2.45, 2.75) is 25.9 Å². The zero-order valence-electron chi connectivity index (χ0n) is 6.54. The molecule has 0 saturated carbocycles. The Morgan fingerprint density at radius 2 is 2.18 bits per heavy atom. The minimum absolute atomic E-state index is 0.301. The molecule has 0 spiro atoms. The van der Waals surface area contributed by atoms with Crippen molar-refractivity contribution in [2.75, 3.05) is 6.61 Å². The highest BCUT2D eigenvalue weighted by molar-refractivity contribution is 7.75. The number of halogens is 1. The van der Waals surface area contributed by atoms with Crippen LogP contribution in [0.25, 0.3) is 0 Å². The Bertz CT molecular complexity index is 160. The fourth-order valence-corrected chi connectivity index (χ4v) is 1.81. The molecular formula is C6H11ClO3P+. The van der Waals surface area contributed by atoms with Crippen LogP contribution in [-0.2, 0) is 14.1 Å². The first kappa shape index (κ1) is 10.9. The number of carbonyl (C=O) groups excluding carboxylic acids is 1. The molecule has 0 heterocycles. The molecule has 3 nitrogen and oxygen atoms in total. The summed E-state index contributed by atoms with van der Waals surface area (Å²) in [5.74, 6) is -0.467. The van der Waals surface area contributed by atoms with Crippen molar-refractivity contribution >= 4 is 24.4 Å². The van der Waals surface area contributed by atoms with Crippen molar-refractivity contribution in [1.29, 1.82) is 0 Å². The third kappa shape index (κ3) is 3.68. The number of hydrogen-bond acceptors (Lipinski definition) is 3. The molecule has 0 aliphatic carbocycles. The normalized spacial score (nSPS) is 13.9. The molecule has 0 N–H and O–H groups in total. The van der Waals surface area contributed by atoms with Gasteiger partial charge in [-0.1, -0.05) is 11.5 Å². The zero-order chi connectivity index (χ0) is 8.85. The van der Waals surface area contributed by atoms with Gasteiger partial charge in [0.05, 0.1) is 6.61 Å². The Kier molecular flexibility index (Phi) is 5.43. The van der Waals surface area contributed by atoms with E-state index in [0.717, 1.165) is 0 Å². The van der Waals surface area contributed by atoms with Gasteiger partial charge in [0.1, 0.15) is 0 Å². The molecule has 0 fully saturated rings. The van der Waals surface area contributed by atoms with Gasteiger partial charge < -0.3 is 4.74 Å². The first-order chi connectivity index (χ1) is 5.13. The lowest BCUT2D eigenvalue weighted by Gasteiger charge is -2.00. The van der Waals surface area contributed by atoms with E-state index in [9.17, 15) is 9.36 Å². The first-order valence-electron chi connectivity index (χ1n) is 3.42. The molecule has 0 aromatic rings. The molecule has 5 heteroatoms. The smallest absolute Gasteiger partial charge is 0.463 e. The van der Waals surface area contributed by atoms with Crippen LogP contribution in [0.4, 0.5) is 0 Å². The van der Waals surface area contributed by atoms with Crippen molar-refractivity contribution in [1.82, 2.24) is 0 Å². The highest BCUT2D eigenvalue weighted by Gasteiger charge is 2.36. The Hall–Kier alpha value is -0.140. The van der Waals surface area contributed by atoms with Gasteiger partial charge in [0.25, 0.3) is 5.66 Å². The van der Waals surface area contributed by atoms with Gasteiger partial charge in [-0.3, -0.25) is 0 Å². The van der Waals surface area contributed by atoms with Crippen molar-refractivity contribution in [3.05, 3.63) is 0 Å². The molecule has 2 atom stereocenters. The Labute approximate surface area is 71.6 Å². The summed E-state index contributed by atoms with van der Waals surface area (Å²) in [5, 5.41) is 0. The van der Waals surface area contributed by atoms with E-state index in [1.807, 2.05) is 0 Å². The maximum atomic E-state index is 10.9. The SMILES string of the molecule is CCOC(=O)C(CC)[P+](=O)Cl. The van der Waals surface area contributed by atoms with Crippen molar-refractivity contribution in [3.63, 3.8) is 0 Å². The topological polar surface area (TPSA) is 43.4 Å². The van der Waals surface area contributed by atoms with E-state index in [1.165, 1.54) is 0 Å². The molecule has 0 aliphatic rings. The highest BCUT2D eigenvalue weighted by atomic mass is 35.7. The molecule has 64 valence electrons. The quantitative estimate of drug-likeness (QED) is 0.513. The first-order valence-corrected chi connectivity index (χ1v) is 5.65. The van der Waals surface area contributed by atoms with Crippen molar-refractivity contribution in [3.8, 4) is 0 Å². The van der Waals surface area contributed by atoms with Crippen LogP contribution >= 0.6 is 18.4 Å². The van der Waals surface area contributed by atoms with Crippen molar-refractivity contribution < 1.29 is 14.1 Å². The average molecular weight is 198 g/mol. The fourth-order valence-electron chi connectivity index (χ4n) is 0.632. The summed E-state index contributed by atoms with van der Waals surface area (Å²) in [6.45, 7) is 3.75. The van der Waals surface area contributed by atoms with E-state index in [4.69, 9.17) is 11.2 Å². The molecule has 0 rings (SSSR count). The third-order valence-electron chi connectivity index (χ3n) is 1.19. The second kappa shape index (κ2) is 5.50. The Balaban J connectivity index is 4.03. The molecular weight excluding hydrogens is 186 g/mol. The van der Waals surface area contributed by atoms with Crippen LogP contribution in [0.2, 0.25) is 0 Å². The van der Waals surface area contributed by atoms with Gasteiger partial charge in [-0.2, -0.15) is 0 Å². The van der Waals surface area contributed by atoms with Gasteiger partial charge in [-0.15, -0.1) is 0 Å². The molecule has 11 heavy (non-hydrogen) atoms. The second-order valence-electron chi connectivity index (χ2n) is 1.95. The lowest BCUT2D eigenvalue weighted by molar-refractivity contribution is -0.142. The van der Waals surface area contributed by atoms with Crippen LogP contribution in [0.15, 0.2) is 0 Å². The minimum Gasteiger partial charge on any atom is -0.463 e. The zero-order valence-corrected chi connectivity index (χ0v) is 8.19. The van der Waals surface area contributed by atoms with Crippen LogP contribution in [0.3, 0.4) is 0 Å². The van der Waals surface area contributed by atoms with Gasteiger partial charge in [-0.25, -0.2) is 4.79 Å². The van der Waals surface area contributed by atoms with E-state index < -0.39 is 18.8 Å². The average Bonchev–Trinajstić information content (AvgIpc) is 1.88. The third-order valence-corrected chi connectivity index (χ3v) is 2.96. The molecule has 0 bridgehead atoms. The van der Waals surface area contributed by atoms with Crippen LogP contribution in [0.5, 0.6) is 0 Å². The van der Waals surface area contributed by atoms with E-state index >= 15 is 0 Å². The van der Waals surface area contributed by atoms with Gasteiger partial charge in [-0.05, 0) is 6.92 Å². The van der Waals surface area contributed by atoms with Crippen LogP contribution in [0.1, 0.15) is 20.3 Å². The predicted molar refractivity (Wildman–Crippen MR) is 44.2 cm³/mol. The number of esters is 1. The lowest BCUT2D eigenvalue weighted by atomic mass is 10.3. The summed E-state index contributed by atoms with van der Waals surface area (Å²) >= 11 is 5.28. The summed E-state index contributed by atoms with van der Waals surface area (Å²) in [6.07, 6.45) is 0.456. The monoisotopic (exact) mass is 197 g/mol. The molecule has 0 aromatic carbocycles. The Morgan fingerprint density at radius 3 is 2.45 bits per heavy atom. The maximum Gasteiger partial charge on any atom is 0.469 e. The van der Waals surface area contributed by atoms with Gasteiger partial charge >= 0.3 is 13.1 Å². The van der Waals surface area contributed by atoms with E-state index in [1.54, 1.807) is 13.8 Å². The number of hydrogen-bond donors (Lipinski definition) is 0. The van der Waals surface area contributed by atoms with Crippen molar-refractivity contribution in [2.24, 2.45) is 0 Å². The number of rotatable bonds is 4. The lowest BCUT2D eigenvalue weighted by Crippen LogP contribution is -2.18. The molecule has 0 radical (unpaired) electrons. The molecule has 2 unspecified atom stereocenters. The van der Waals surface area contributed by atoms with Gasteiger partial charge in [0, 0.05) is 6.42 Å². The minimum atomic E-state index is -1.97. The predicted octanol–water partition coefficient (Wildman–Crippen LogP) is 2.31. The summed E-state index contributed by atoms with van der Waals surface area (Å²) in [5.41, 5.74) is -0.647. The maximum absolute atomic E-state index is 10.9. The van der Waals surface area contributed by atoms with E-state index in [0.29, 0.717) is 13.0 Å². The molecule has 0 aromatic heterocycles. The van der Waals surface area contributed by atoms with E-state index in [2.05, 4.69) is 4.74 Å². The number of carbonyl (C=O) groups is 1. The Morgan fingerprint density at radius 1 is 1.64 bits per heavy atom. The van der Waals surface area contributed by atoms with E-state index in [-0.39, 0.29) is 0 Å². The fraction of sp³-hybridized carbons (Fsp3) is 0.833. The number of ether oxygens (including phenoxy) is 1. The van der Waals surface area contributed by atoms with Crippen LogP contribution in [-0.4, -0.2) is 18.2 Å². The largest absolute Gasteiger partial charge is 0.469 e. The van der Waals surface area contributed by atoms with Gasteiger partial charge in [0.2, 0.25) is 11.2 Å². The van der Waals surface area contributed by atoms with Gasteiger partial charge in [0.15, 0.2) is 0 Å². The van der Waals surface area contributed by atoms with Crippen LogP contribution in [0, 0.1) is 0 Å². The summed E-state index contributed by atoms with van der Waals surface area (Å²) in [7, 11) is -1.97. The van der Waals surface area contributed by atoms with Crippen LogP contribution < -0.4 is 0 Å². The second-order valence-corrected chi connectivity index (χ2v) is 4.12. The molecule has 0 aliphatic heterocycles. The summed E-state index contributed by atoms with van der Waals surface area (Å²) in [6, 6.07) is 0.